The van der Waals surface area contributed by atoms with Crippen molar-refractivity contribution in [3.05, 3.63) is 0 Å². The highest BCUT2D eigenvalue weighted by Gasteiger charge is 1.75. The van der Waals surface area contributed by atoms with E-state index >= 15 is 0 Å². The zero-order chi connectivity index (χ0) is 4.83. The van der Waals surface area contributed by atoms with E-state index in [9.17, 15) is 0 Å². The fourth-order valence-electron chi connectivity index (χ4n) is 0.209. The monoisotopic (exact) mass is 106 g/mol. The molecule has 0 saturated heterocycles. The van der Waals surface area contributed by atoms with E-state index in [1.807, 2.05) is 6.92 Å². The Bertz CT molecular complexity index is 20.8. The van der Waals surface area contributed by atoms with Gasteiger partial charge in [0.2, 0.25) is 0 Å². The van der Waals surface area contributed by atoms with E-state index in [4.69, 9.17) is 9.53 Å². The van der Waals surface area contributed by atoms with Crippen molar-refractivity contribution >= 4 is 9.76 Å². The van der Waals surface area contributed by atoms with Crippen LogP contribution in [0.3, 0.4) is 0 Å². The largest absolute Gasteiger partial charge is 0.436 e. The summed E-state index contributed by atoms with van der Waals surface area (Å²) in [4.78, 5) is 8.21. The minimum Gasteiger partial charge on any atom is -0.436 e. The summed E-state index contributed by atoms with van der Waals surface area (Å²) in [5.74, 6) is 0. The van der Waals surface area contributed by atoms with Gasteiger partial charge >= 0.3 is 0 Å². The van der Waals surface area contributed by atoms with Crippen LogP contribution in [0.4, 0.5) is 0 Å². The lowest BCUT2D eigenvalue weighted by Crippen LogP contribution is -2.00. The van der Waals surface area contributed by atoms with Crippen molar-refractivity contribution in [3.63, 3.8) is 0 Å². The predicted molar refractivity (Wildman–Crippen MR) is 27.3 cm³/mol. The number of hydrogen-bond acceptors (Lipinski definition) is 2. The molecule has 0 spiro atoms. The summed E-state index contributed by atoms with van der Waals surface area (Å²) in [6.07, 6.45) is 0.608. The van der Waals surface area contributed by atoms with Crippen LogP contribution in [-0.4, -0.2) is 27.4 Å². The Morgan fingerprint density at radius 3 is 2.67 bits per heavy atom. The summed E-state index contributed by atoms with van der Waals surface area (Å²) in [5, 5.41) is 0. The van der Waals surface area contributed by atoms with Gasteiger partial charge in [-0.25, -0.2) is 0 Å². The van der Waals surface area contributed by atoms with E-state index in [1.165, 1.54) is 0 Å². The van der Waals surface area contributed by atoms with Crippen LogP contribution in [0.2, 0.25) is 0 Å². The van der Waals surface area contributed by atoms with Gasteiger partial charge in [0.05, 0.1) is 6.23 Å². The van der Waals surface area contributed by atoms with Crippen molar-refractivity contribution in [2.45, 2.75) is 6.92 Å². The van der Waals surface area contributed by atoms with Gasteiger partial charge in [0.1, 0.15) is 0 Å². The summed E-state index contributed by atoms with van der Waals surface area (Å²) >= 11 is 0. The molecule has 0 rings (SSSR count). The molecule has 0 fully saturated rings. The molecule has 1 N–H and O–H groups in total. The average Bonchev–Trinajstić information content (AvgIpc) is 1.61. The minimum atomic E-state index is -0.819. The summed E-state index contributed by atoms with van der Waals surface area (Å²) in [5.41, 5.74) is 0. The number of rotatable bonds is 3. The van der Waals surface area contributed by atoms with Crippen molar-refractivity contribution in [3.8, 4) is 0 Å². The fourth-order valence-corrected chi connectivity index (χ4v) is 0.627. The van der Waals surface area contributed by atoms with Crippen LogP contribution in [-0.2, 0) is 4.74 Å². The van der Waals surface area contributed by atoms with E-state index in [0.29, 0.717) is 6.23 Å². The molecule has 0 unspecified atom stereocenters. The maximum atomic E-state index is 8.21. The normalized spacial score (nSPS) is 11.0. The quantitative estimate of drug-likeness (QED) is 0.371. The van der Waals surface area contributed by atoms with Gasteiger partial charge in [-0.15, -0.1) is 0 Å². The molecule has 0 aromatic carbocycles. The lowest BCUT2D eigenvalue weighted by Gasteiger charge is -1.90. The zero-order valence-electron chi connectivity index (χ0n) is 3.98. The average molecular weight is 106 g/mol. The van der Waals surface area contributed by atoms with Gasteiger partial charge in [-0.2, -0.15) is 0 Å². The first-order valence-electron chi connectivity index (χ1n) is 2.10. The molecule has 2 nitrogen and oxygen atoms in total. The van der Waals surface area contributed by atoms with Gasteiger partial charge in [-0.05, 0) is 6.92 Å². The highest BCUT2D eigenvalue weighted by molar-refractivity contribution is 6.24. The smallest absolute Gasteiger partial charge is 0.182 e. The molecule has 0 aliphatic carbocycles. The van der Waals surface area contributed by atoms with Crippen LogP contribution in [0.1, 0.15) is 6.92 Å². The van der Waals surface area contributed by atoms with Crippen LogP contribution in [0.5, 0.6) is 0 Å². The van der Waals surface area contributed by atoms with Crippen LogP contribution >= 0.6 is 0 Å². The predicted octanol–water partition coefficient (Wildman–Crippen LogP) is -0.943. The molecule has 0 aromatic heterocycles. The molecule has 0 aliphatic rings. The highest BCUT2D eigenvalue weighted by Crippen LogP contribution is 1.64. The van der Waals surface area contributed by atoms with Gasteiger partial charge in [-0.3, -0.25) is 0 Å². The first-order valence-corrected chi connectivity index (χ1v) is 3.73. The summed E-state index contributed by atoms with van der Waals surface area (Å²) in [6.45, 7) is 2.65. The van der Waals surface area contributed by atoms with E-state index in [2.05, 4.69) is 0 Å². The standard InChI is InChI=1S/C3H10O2Si/c1-2-5-3-6-4/h4H,2-3,6H2,1H3. The molecule has 38 valence electrons. The van der Waals surface area contributed by atoms with Gasteiger partial charge in [0, 0.05) is 6.61 Å². The van der Waals surface area contributed by atoms with Crippen LogP contribution in [0, 0.1) is 0 Å². The molecular formula is C3H10O2Si. The third kappa shape index (κ3) is 4.14. The maximum Gasteiger partial charge on any atom is 0.182 e. The molecule has 0 bridgehead atoms. The van der Waals surface area contributed by atoms with Gasteiger partial charge < -0.3 is 9.53 Å². The minimum absolute atomic E-state index is 0.608. The number of ether oxygens (including phenoxy) is 1. The fraction of sp³-hybridized carbons (Fsp3) is 1.00. The van der Waals surface area contributed by atoms with Crippen molar-refractivity contribution in [1.29, 1.82) is 0 Å². The maximum absolute atomic E-state index is 8.21. The lowest BCUT2D eigenvalue weighted by atomic mass is 10.9. The molecule has 0 saturated carbocycles. The first-order chi connectivity index (χ1) is 2.91. The second-order valence-corrected chi connectivity index (χ2v) is 1.78. The van der Waals surface area contributed by atoms with Crippen LogP contribution in [0.15, 0.2) is 0 Å². The first kappa shape index (κ1) is 6.14. The topological polar surface area (TPSA) is 29.5 Å². The molecule has 0 atom stereocenters. The second-order valence-electron chi connectivity index (χ2n) is 0.921. The molecule has 0 aromatic rings. The second kappa shape index (κ2) is 5.14. The summed E-state index contributed by atoms with van der Waals surface area (Å²) in [6, 6.07) is 0. The Kier molecular flexibility index (Phi) is 5.25. The third-order valence-corrected chi connectivity index (χ3v) is 0.911. The highest BCUT2D eigenvalue weighted by atomic mass is 28.2. The van der Waals surface area contributed by atoms with E-state index < -0.39 is 9.76 Å². The van der Waals surface area contributed by atoms with E-state index in [-0.39, 0.29) is 0 Å². The molecular weight excluding hydrogens is 96.1 g/mol. The van der Waals surface area contributed by atoms with Crippen molar-refractivity contribution in [2.75, 3.05) is 12.8 Å². The van der Waals surface area contributed by atoms with Crippen molar-refractivity contribution in [2.24, 2.45) is 0 Å². The Labute approximate surface area is 40.1 Å². The van der Waals surface area contributed by atoms with Gasteiger partial charge in [0.25, 0.3) is 0 Å². The van der Waals surface area contributed by atoms with Gasteiger partial charge in [0.15, 0.2) is 9.76 Å². The summed E-state index contributed by atoms with van der Waals surface area (Å²) < 4.78 is 4.79. The zero-order valence-corrected chi connectivity index (χ0v) is 5.39. The SMILES string of the molecule is CCOC[SiH2]O. The molecule has 6 heavy (non-hydrogen) atoms. The van der Waals surface area contributed by atoms with Crippen molar-refractivity contribution < 1.29 is 9.53 Å². The third-order valence-electron chi connectivity index (χ3n) is 0.440. The lowest BCUT2D eigenvalue weighted by molar-refractivity contribution is 0.186. The molecule has 0 radical (unpaired) electrons. The Balaban J connectivity index is 2.34. The molecule has 0 heterocycles. The van der Waals surface area contributed by atoms with E-state index in [1.54, 1.807) is 0 Å². The molecule has 0 aliphatic heterocycles. The van der Waals surface area contributed by atoms with Crippen LogP contribution < -0.4 is 0 Å². The van der Waals surface area contributed by atoms with Crippen LogP contribution in [0.25, 0.3) is 0 Å². The Morgan fingerprint density at radius 1 is 1.83 bits per heavy atom. The van der Waals surface area contributed by atoms with Gasteiger partial charge in [-0.1, -0.05) is 0 Å². The van der Waals surface area contributed by atoms with E-state index in [0.717, 1.165) is 6.61 Å². The van der Waals surface area contributed by atoms with Crippen molar-refractivity contribution in [1.82, 2.24) is 0 Å². The molecule has 0 amide bonds. The Hall–Kier alpha value is 0.137. The Morgan fingerprint density at radius 2 is 2.50 bits per heavy atom. The summed E-state index contributed by atoms with van der Waals surface area (Å²) in [7, 11) is -0.819. The molecule has 3 heteroatoms. The number of hydrogen-bond donors (Lipinski definition) is 1.